The Labute approximate surface area is 148 Å². The van der Waals surface area contributed by atoms with Gasteiger partial charge in [0.2, 0.25) is 0 Å². The molecular weight excluding hydrogens is 328 g/mol. The van der Waals surface area contributed by atoms with Crippen LogP contribution in [0.1, 0.15) is 34.2 Å². The van der Waals surface area contributed by atoms with Crippen molar-refractivity contribution in [3.8, 4) is 5.69 Å². The first kappa shape index (κ1) is 20.2. The molecule has 6 heteroatoms. The molecule has 132 valence electrons. The Hall–Kier alpha value is -1.82. The minimum Gasteiger partial charge on any atom is -0.462 e. The maximum absolute atomic E-state index is 12.4. The average Bonchev–Trinajstić information content (AvgIpc) is 2.79. The predicted molar refractivity (Wildman–Crippen MR) is 97.2 cm³/mol. The van der Waals surface area contributed by atoms with Crippen molar-refractivity contribution in [2.45, 2.75) is 33.2 Å². The van der Waals surface area contributed by atoms with Gasteiger partial charge in [-0.2, -0.15) is 0 Å². The number of nitrogens with two attached hydrogens (primary N) is 1. The molecule has 0 aliphatic carbocycles. The Morgan fingerprint density at radius 3 is 2.42 bits per heavy atom. The molecule has 5 nitrogen and oxygen atoms in total. The summed E-state index contributed by atoms with van der Waals surface area (Å²) in [6.45, 7) is 5.84. The van der Waals surface area contributed by atoms with E-state index in [2.05, 4.69) is 0 Å². The molecule has 1 unspecified atom stereocenters. The van der Waals surface area contributed by atoms with Crippen LogP contribution in [0.3, 0.4) is 0 Å². The lowest BCUT2D eigenvalue weighted by atomic mass is 10.0. The Bertz CT molecular complexity index is 683. The van der Waals surface area contributed by atoms with E-state index in [0.29, 0.717) is 18.6 Å². The SMILES string of the molecule is CCOC(=O)c1c(CC(N)CO)c(C)n(-c2ccccc2)c1C.Cl. The summed E-state index contributed by atoms with van der Waals surface area (Å²) in [5.41, 5.74) is 10.1. The zero-order chi connectivity index (χ0) is 17.0. The molecule has 0 bridgehead atoms. The van der Waals surface area contributed by atoms with E-state index in [4.69, 9.17) is 10.5 Å². The van der Waals surface area contributed by atoms with E-state index in [1.54, 1.807) is 6.92 Å². The van der Waals surface area contributed by atoms with E-state index in [9.17, 15) is 9.90 Å². The van der Waals surface area contributed by atoms with Crippen LogP contribution < -0.4 is 5.73 Å². The highest BCUT2D eigenvalue weighted by Crippen LogP contribution is 2.28. The molecule has 1 heterocycles. The van der Waals surface area contributed by atoms with E-state index >= 15 is 0 Å². The van der Waals surface area contributed by atoms with Gasteiger partial charge < -0.3 is 20.1 Å². The van der Waals surface area contributed by atoms with Gasteiger partial charge in [-0.1, -0.05) is 18.2 Å². The maximum atomic E-state index is 12.4. The number of hydrogen-bond acceptors (Lipinski definition) is 4. The third kappa shape index (κ3) is 3.98. The molecule has 0 aliphatic rings. The first-order valence-electron chi connectivity index (χ1n) is 7.81. The van der Waals surface area contributed by atoms with E-state index in [1.165, 1.54) is 0 Å². The number of carbonyl (C=O) groups excluding carboxylic acids is 1. The highest BCUT2D eigenvalue weighted by atomic mass is 35.5. The molecule has 0 spiro atoms. The summed E-state index contributed by atoms with van der Waals surface area (Å²) in [4.78, 5) is 12.4. The second-order valence-electron chi connectivity index (χ2n) is 5.56. The van der Waals surface area contributed by atoms with Crippen molar-refractivity contribution in [2.24, 2.45) is 5.73 Å². The first-order chi connectivity index (χ1) is 11.0. The molecule has 0 amide bonds. The van der Waals surface area contributed by atoms with E-state index in [1.807, 2.05) is 48.7 Å². The molecule has 24 heavy (non-hydrogen) atoms. The third-order valence-corrected chi connectivity index (χ3v) is 3.97. The number of para-hydroxylation sites is 1. The van der Waals surface area contributed by atoms with Gasteiger partial charge in [-0.05, 0) is 44.9 Å². The molecule has 3 N–H and O–H groups in total. The fourth-order valence-electron chi connectivity index (χ4n) is 2.91. The van der Waals surface area contributed by atoms with Gasteiger partial charge in [0.05, 0.1) is 18.8 Å². The number of rotatable bonds is 6. The van der Waals surface area contributed by atoms with Gasteiger partial charge in [0.25, 0.3) is 0 Å². The normalized spacial score (nSPS) is 11.7. The van der Waals surface area contributed by atoms with Crippen LogP contribution in [0.25, 0.3) is 5.69 Å². The molecule has 1 aromatic carbocycles. The molecule has 0 radical (unpaired) electrons. The average molecular weight is 353 g/mol. The van der Waals surface area contributed by atoms with Gasteiger partial charge in [-0.25, -0.2) is 4.79 Å². The molecule has 1 atom stereocenters. The topological polar surface area (TPSA) is 77.5 Å². The van der Waals surface area contributed by atoms with Crippen LogP contribution >= 0.6 is 12.4 Å². The van der Waals surface area contributed by atoms with Crippen LogP contribution in [0.15, 0.2) is 30.3 Å². The molecule has 2 aromatic rings. The number of aliphatic hydroxyl groups is 1. The van der Waals surface area contributed by atoms with Crippen molar-refractivity contribution in [1.29, 1.82) is 0 Å². The van der Waals surface area contributed by atoms with Gasteiger partial charge in [0, 0.05) is 23.1 Å². The summed E-state index contributed by atoms with van der Waals surface area (Å²) in [7, 11) is 0. The summed E-state index contributed by atoms with van der Waals surface area (Å²) < 4.78 is 7.25. The second-order valence-corrected chi connectivity index (χ2v) is 5.56. The highest BCUT2D eigenvalue weighted by Gasteiger charge is 2.25. The molecule has 0 saturated carbocycles. The van der Waals surface area contributed by atoms with Crippen LogP contribution in [0.4, 0.5) is 0 Å². The number of aliphatic hydroxyl groups excluding tert-OH is 1. The van der Waals surface area contributed by atoms with Gasteiger partial charge in [0.15, 0.2) is 0 Å². The minimum atomic E-state index is -0.409. The quantitative estimate of drug-likeness (QED) is 0.783. The standard InChI is InChI=1S/C18H24N2O3.ClH/c1-4-23-18(22)17-13(3)20(15-8-6-5-7-9-15)12(2)16(17)10-14(19)11-21;/h5-9,14,21H,4,10-11,19H2,1-3H3;1H. The number of aromatic nitrogens is 1. The first-order valence-corrected chi connectivity index (χ1v) is 7.81. The lowest BCUT2D eigenvalue weighted by Crippen LogP contribution is -2.28. The fraction of sp³-hybridized carbons (Fsp3) is 0.389. The Balaban J connectivity index is 0.00000288. The molecule has 0 fully saturated rings. The largest absolute Gasteiger partial charge is 0.462 e. The van der Waals surface area contributed by atoms with E-state index in [-0.39, 0.29) is 25.0 Å². The van der Waals surface area contributed by atoms with Crippen molar-refractivity contribution in [1.82, 2.24) is 4.57 Å². The lowest BCUT2D eigenvalue weighted by molar-refractivity contribution is 0.0524. The third-order valence-electron chi connectivity index (χ3n) is 3.97. The van der Waals surface area contributed by atoms with Crippen LogP contribution in [0.5, 0.6) is 0 Å². The summed E-state index contributed by atoms with van der Waals surface area (Å²) in [6.07, 6.45) is 0.428. The number of ether oxygens (including phenoxy) is 1. The van der Waals surface area contributed by atoms with Gasteiger partial charge >= 0.3 is 5.97 Å². The van der Waals surface area contributed by atoms with Crippen molar-refractivity contribution >= 4 is 18.4 Å². The van der Waals surface area contributed by atoms with Crippen molar-refractivity contribution in [3.63, 3.8) is 0 Å². The molecule has 0 saturated heterocycles. The number of carbonyl (C=O) groups is 1. The van der Waals surface area contributed by atoms with Crippen LogP contribution in [-0.4, -0.2) is 34.9 Å². The second kappa shape index (κ2) is 8.87. The Morgan fingerprint density at radius 1 is 1.25 bits per heavy atom. The zero-order valence-corrected chi connectivity index (χ0v) is 15.1. The summed E-state index contributed by atoms with van der Waals surface area (Å²) >= 11 is 0. The van der Waals surface area contributed by atoms with Gasteiger partial charge in [-0.3, -0.25) is 0 Å². The van der Waals surface area contributed by atoms with Crippen molar-refractivity contribution < 1.29 is 14.6 Å². The maximum Gasteiger partial charge on any atom is 0.340 e. The molecule has 1 aromatic heterocycles. The number of hydrogen-bond donors (Lipinski definition) is 2. The van der Waals surface area contributed by atoms with Crippen LogP contribution in [-0.2, 0) is 11.2 Å². The van der Waals surface area contributed by atoms with E-state index in [0.717, 1.165) is 22.6 Å². The smallest absolute Gasteiger partial charge is 0.340 e. The predicted octanol–water partition coefficient (Wildman–Crippen LogP) is 2.55. The van der Waals surface area contributed by atoms with Gasteiger partial charge in [-0.15, -0.1) is 12.4 Å². The van der Waals surface area contributed by atoms with Crippen molar-refractivity contribution in [2.75, 3.05) is 13.2 Å². The fourth-order valence-corrected chi connectivity index (χ4v) is 2.91. The monoisotopic (exact) mass is 352 g/mol. The molecule has 2 rings (SSSR count). The van der Waals surface area contributed by atoms with E-state index < -0.39 is 6.04 Å². The van der Waals surface area contributed by atoms with Crippen LogP contribution in [0.2, 0.25) is 0 Å². The lowest BCUT2D eigenvalue weighted by Gasteiger charge is -2.11. The summed E-state index contributed by atoms with van der Waals surface area (Å²) in [5.74, 6) is -0.345. The number of nitrogens with zero attached hydrogens (tertiary/aromatic N) is 1. The van der Waals surface area contributed by atoms with Crippen molar-refractivity contribution in [3.05, 3.63) is 52.8 Å². The van der Waals surface area contributed by atoms with Crippen LogP contribution in [0, 0.1) is 13.8 Å². The molecule has 0 aliphatic heterocycles. The Kier molecular flexibility index (Phi) is 7.48. The number of esters is 1. The van der Waals surface area contributed by atoms with Gasteiger partial charge in [0.1, 0.15) is 0 Å². The molecular formula is C18H25ClN2O3. The summed E-state index contributed by atoms with van der Waals surface area (Å²) in [5, 5.41) is 9.27. The highest BCUT2D eigenvalue weighted by molar-refractivity contribution is 5.93. The Morgan fingerprint density at radius 2 is 1.88 bits per heavy atom. The number of halogens is 1. The number of benzene rings is 1. The zero-order valence-electron chi connectivity index (χ0n) is 14.3. The minimum absolute atomic E-state index is 0. The summed E-state index contributed by atoms with van der Waals surface area (Å²) in [6, 6.07) is 9.43.